The third-order valence-corrected chi connectivity index (χ3v) is 7.66. The number of aryl methyl sites for hydroxylation is 4. The van der Waals surface area contributed by atoms with E-state index in [1.807, 2.05) is 47.0 Å². The van der Waals surface area contributed by atoms with Crippen molar-refractivity contribution >= 4 is 27.7 Å². The number of aromatic nitrogens is 1. The Kier molecular flexibility index (Phi) is 7.09. The summed E-state index contributed by atoms with van der Waals surface area (Å²) in [5.41, 5.74) is 4.23. The molecule has 0 bridgehead atoms. The van der Waals surface area contributed by atoms with Gasteiger partial charge in [-0.3, -0.25) is 4.79 Å². The molecule has 8 nitrogen and oxygen atoms in total. The second-order valence-corrected chi connectivity index (χ2v) is 10.6. The van der Waals surface area contributed by atoms with Crippen molar-refractivity contribution < 1.29 is 17.7 Å². The van der Waals surface area contributed by atoms with Gasteiger partial charge in [0, 0.05) is 45.1 Å². The van der Waals surface area contributed by atoms with Crippen LogP contribution in [0.3, 0.4) is 0 Å². The second kappa shape index (κ2) is 9.46. The number of sulfonamides is 1. The first-order valence-electron chi connectivity index (χ1n) is 10.7. The highest BCUT2D eigenvalue weighted by Crippen LogP contribution is 2.30. The van der Waals surface area contributed by atoms with Crippen molar-refractivity contribution in [2.75, 3.05) is 32.5 Å². The number of piperidine rings is 1. The predicted octanol–water partition coefficient (Wildman–Crippen LogP) is 3.48. The van der Waals surface area contributed by atoms with Gasteiger partial charge in [-0.2, -0.15) is 4.31 Å². The van der Waals surface area contributed by atoms with E-state index in [2.05, 4.69) is 10.5 Å². The summed E-state index contributed by atoms with van der Waals surface area (Å²) in [6, 6.07) is 4.05. The van der Waals surface area contributed by atoms with E-state index in [4.69, 9.17) is 4.52 Å². The number of carbonyl (C=O) groups is 1. The SMILES string of the molecule is Cc1cc(C)c(NC(=O)[C@H]2CCCN(S(=O)(=O)c3c(C)noc3/C=C/N(C)C)C2)c(C)c1. The van der Waals surface area contributed by atoms with Crippen molar-refractivity contribution in [3.05, 3.63) is 46.5 Å². The Morgan fingerprint density at radius 1 is 1.22 bits per heavy atom. The van der Waals surface area contributed by atoms with E-state index in [-0.39, 0.29) is 23.1 Å². The molecule has 1 aromatic heterocycles. The summed E-state index contributed by atoms with van der Waals surface area (Å²) in [5.74, 6) is -0.400. The zero-order valence-corrected chi connectivity index (χ0v) is 20.4. The van der Waals surface area contributed by atoms with E-state index in [0.29, 0.717) is 25.1 Å². The quantitative estimate of drug-likeness (QED) is 0.709. The Labute approximate surface area is 190 Å². The molecule has 1 atom stereocenters. The first kappa shape index (κ1) is 24.0. The molecule has 1 fully saturated rings. The monoisotopic (exact) mass is 460 g/mol. The van der Waals surface area contributed by atoms with Crippen LogP contribution in [0.25, 0.3) is 6.08 Å². The van der Waals surface area contributed by atoms with Crippen molar-refractivity contribution in [2.45, 2.75) is 45.4 Å². The normalized spacial score (nSPS) is 17.6. The van der Waals surface area contributed by atoms with Crippen LogP contribution in [0.1, 0.15) is 41.0 Å². The summed E-state index contributed by atoms with van der Waals surface area (Å²) >= 11 is 0. The van der Waals surface area contributed by atoms with E-state index >= 15 is 0 Å². The number of carbonyl (C=O) groups excluding carboxylic acids is 1. The molecule has 9 heteroatoms. The minimum Gasteiger partial charge on any atom is -0.383 e. The van der Waals surface area contributed by atoms with E-state index in [9.17, 15) is 13.2 Å². The van der Waals surface area contributed by atoms with Crippen molar-refractivity contribution in [3.8, 4) is 0 Å². The largest absolute Gasteiger partial charge is 0.383 e. The van der Waals surface area contributed by atoms with Gasteiger partial charge in [-0.25, -0.2) is 8.42 Å². The lowest BCUT2D eigenvalue weighted by atomic mass is 9.98. The van der Waals surface area contributed by atoms with E-state index in [1.165, 1.54) is 4.31 Å². The minimum atomic E-state index is -3.86. The Morgan fingerprint density at radius 2 is 1.88 bits per heavy atom. The van der Waals surface area contributed by atoms with Gasteiger partial charge < -0.3 is 14.7 Å². The zero-order chi connectivity index (χ0) is 23.6. The van der Waals surface area contributed by atoms with Crippen LogP contribution in [0.2, 0.25) is 0 Å². The second-order valence-electron chi connectivity index (χ2n) is 8.71. The fourth-order valence-electron chi connectivity index (χ4n) is 4.12. The number of hydrogen-bond donors (Lipinski definition) is 1. The molecule has 0 unspecified atom stereocenters. The highest BCUT2D eigenvalue weighted by molar-refractivity contribution is 7.89. The van der Waals surface area contributed by atoms with Gasteiger partial charge in [0.05, 0.1) is 5.92 Å². The summed E-state index contributed by atoms with van der Waals surface area (Å²) in [6.07, 6.45) is 4.54. The molecule has 0 aliphatic carbocycles. The molecule has 2 heterocycles. The number of nitrogens with one attached hydrogen (secondary N) is 1. The molecule has 0 saturated carbocycles. The summed E-state index contributed by atoms with van der Waals surface area (Å²) in [5, 5.41) is 6.89. The molecule has 0 spiro atoms. The number of rotatable bonds is 6. The molecular formula is C23H32N4O4S. The number of amides is 1. The number of nitrogens with zero attached hydrogens (tertiary/aromatic N) is 3. The maximum absolute atomic E-state index is 13.5. The van der Waals surface area contributed by atoms with Gasteiger partial charge in [-0.15, -0.1) is 0 Å². The molecule has 174 valence electrons. The maximum Gasteiger partial charge on any atom is 0.248 e. The smallest absolute Gasteiger partial charge is 0.248 e. The van der Waals surface area contributed by atoms with Gasteiger partial charge in [0.1, 0.15) is 5.69 Å². The Morgan fingerprint density at radius 3 is 2.50 bits per heavy atom. The van der Waals surface area contributed by atoms with Gasteiger partial charge in [0.2, 0.25) is 15.9 Å². The van der Waals surface area contributed by atoms with Crippen molar-refractivity contribution in [1.82, 2.24) is 14.4 Å². The number of benzene rings is 1. The van der Waals surface area contributed by atoms with Crippen LogP contribution >= 0.6 is 0 Å². The van der Waals surface area contributed by atoms with Crippen LogP contribution in [0, 0.1) is 33.6 Å². The third kappa shape index (κ3) is 5.05. The lowest BCUT2D eigenvalue weighted by Crippen LogP contribution is -2.44. The molecule has 2 aromatic rings. The Bertz CT molecular complexity index is 1110. The Hall–Kier alpha value is -2.65. The van der Waals surface area contributed by atoms with Crippen LogP contribution in [0.5, 0.6) is 0 Å². The molecule has 1 amide bonds. The Balaban J connectivity index is 1.82. The van der Waals surface area contributed by atoms with Crippen molar-refractivity contribution in [3.63, 3.8) is 0 Å². The van der Waals surface area contributed by atoms with Crippen LogP contribution in [0.15, 0.2) is 27.8 Å². The molecule has 0 radical (unpaired) electrons. The fourth-order valence-corrected chi connectivity index (χ4v) is 5.90. The average molecular weight is 461 g/mol. The van der Waals surface area contributed by atoms with E-state index in [0.717, 1.165) is 22.4 Å². The van der Waals surface area contributed by atoms with E-state index in [1.54, 1.807) is 24.1 Å². The topological polar surface area (TPSA) is 95.8 Å². The molecular weight excluding hydrogens is 428 g/mol. The first-order valence-corrected chi connectivity index (χ1v) is 12.1. The first-order chi connectivity index (χ1) is 15.0. The highest BCUT2D eigenvalue weighted by atomic mass is 32.2. The van der Waals surface area contributed by atoms with Crippen LogP contribution < -0.4 is 5.32 Å². The summed E-state index contributed by atoms with van der Waals surface area (Å²) in [7, 11) is -0.197. The predicted molar refractivity (Wildman–Crippen MR) is 125 cm³/mol. The maximum atomic E-state index is 13.5. The molecule has 1 aliphatic rings. The van der Waals surface area contributed by atoms with Crippen LogP contribution in [-0.2, 0) is 14.8 Å². The lowest BCUT2D eigenvalue weighted by molar-refractivity contribution is -0.120. The van der Waals surface area contributed by atoms with Crippen molar-refractivity contribution in [2.24, 2.45) is 5.92 Å². The minimum absolute atomic E-state index is 0.0573. The lowest BCUT2D eigenvalue weighted by Gasteiger charge is -2.31. The molecule has 32 heavy (non-hydrogen) atoms. The van der Waals surface area contributed by atoms with Gasteiger partial charge in [0.25, 0.3) is 0 Å². The summed E-state index contributed by atoms with van der Waals surface area (Å²) in [6.45, 7) is 8.04. The average Bonchev–Trinajstić information content (AvgIpc) is 3.10. The van der Waals surface area contributed by atoms with Crippen molar-refractivity contribution in [1.29, 1.82) is 0 Å². The van der Waals surface area contributed by atoms with Gasteiger partial charge in [-0.1, -0.05) is 22.9 Å². The van der Waals surface area contributed by atoms with E-state index < -0.39 is 15.9 Å². The molecule has 1 saturated heterocycles. The van der Waals surface area contributed by atoms with Crippen LogP contribution in [0.4, 0.5) is 5.69 Å². The summed E-state index contributed by atoms with van der Waals surface area (Å²) < 4.78 is 33.5. The standard InChI is InChI=1S/C23H32N4O4S/c1-15-12-16(2)21(17(3)13-15)24-23(28)19-8-7-10-27(14-19)32(29,30)22-18(4)25-31-20(22)9-11-26(5)6/h9,11-13,19H,7-8,10,14H2,1-6H3,(H,24,28)/b11-9+/t19-/m0/s1. The van der Waals surface area contributed by atoms with Gasteiger partial charge in [-0.05, 0) is 51.7 Å². The van der Waals surface area contributed by atoms with Gasteiger partial charge >= 0.3 is 0 Å². The fraction of sp³-hybridized carbons (Fsp3) is 0.478. The summed E-state index contributed by atoms with van der Waals surface area (Å²) in [4.78, 5) is 14.9. The number of hydrogen-bond acceptors (Lipinski definition) is 6. The molecule has 1 N–H and O–H groups in total. The zero-order valence-electron chi connectivity index (χ0n) is 19.6. The molecule has 3 rings (SSSR count). The third-order valence-electron chi connectivity index (χ3n) is 5.64. The van der Waals surface area contributed by atoms with Gasteiger partial charge in [0.15, 0.2) is 10.7 Å². The molecule has 1 aliphatic heterocycles. The highest BCUT2D eigenvalue weighted by Gasteiger charge is 2.37. The van der Waals surface area contributed by atoms with Crippen LogP contribution in [-0.4, -0.2) is 55.9 Å². The number of anilines is 1. The molecule has 1 aromatic carbocycles.